The standard InChI is InChI=1S/C19H14F2N2O6/c20-10-2-1-9(13(21)5-10)8-29-11-3-4-12-14(6-11)23-19(28)16(17(12)26)18(27)22-7-15(24)25/h1-6H,7-8H2,(H,22,27)(H,24,25)(H2,23,26,28). The minimum atomic E-state index is -1.31. The molecule has 8 nitrogen and oxygen atoms in total. The molecule has 10 heteroatoms. The quantitative estimate of drug-likeness (QED) is 0.497. The summed E-state index contributed by atoms with van der Waals surface area (Å²) in [6, 6.07) is 7.20. The minimum absolute atomic E-state index is 0.116. The molecule has 29 heavy (non-hydrogen) atoms. The molecule has 3 rings (SSSR count). The number of rotatable bonds is 6. The molecule has 0 aliphatic rings. The third-order valence-electron chi connectivity index (χ3n) is 3.99. The second-order valence-corrected chi connectivity index (χ2v) is 5.99. The van der Waals surface area contributed by atoms with Crippen LogP contribution >= 0.6 is 0 Å². The number of aromatic hydroxyl groups is 1. The van der Waals surface area contributed by atoms with Crippen LogP contribution in [0.3, 0.4) is 0 Å². The van der Waals surface area contributed by atoms with Crippen LogP contribution < -0.4 is 15.6 Å². The SMILES string of the molecule is O=C(O)CNC(=O)c1c(O)c2ccc(OCc3ccc(F)cc3F)cc2[nH]c1=O. The van der Waals surface area contributed by atoms with Gasteiger partial charge in [0.2, 0.25) is 0 Å². The van der Waals surface area contributed by atoms with Crippen LogP contribution in [0.4, 0.5) is 8.78 Å². The molecule has 1 amide bonds. The number of ether oxygens (including phenoxy) is 1. The predicted octanol–water partition coefficient (Wildman–Crippen LogP) is 1.91. The molecule has 3 aromatic rings. The van der Waals surface area contributed by atoms with Gasteiger partial charge in [-0.2, -0.15) is 0 Å². The van der Waals surface area contributed by atoms with Crippen LogP contribution in [0.25, 0.3) is 10.9 Å². The molecule has 0 saturated heterocycles. The number of carbonyl (C=O) groups is 2. The van der Waals surface area contributed by atoms with Crippen LogP contribution in [-0.2, 0) is 11.4 Å². The zero-order valence-electron chi connectivity index (χ0n) is 14.7. The summed E-state index contributed by atoms with van der Waals surface area (Å²) in [5.74, 6) is -4.24. The highest BCUT2D eigenvalue weighted by atomic mass is 19.1. The summed E-state index contributed by atoms with van der Waals surface area (Å²) < 4.78 is 32.0. The van der Waals surface area contributed by atoms with E-state index < -0.39 is 46.9 Å². The van der Waals surface area contributed by atoms with E-state index in [1.807, 2.05) is 5.32 Å². The van der Waals surface area contributed by atoms with Gasteiger partial charge in [-0.05, 0) is 24.3 Å². The van der Waals surface area contributed by atoms with E-state index in [0.717, 1.165) is 12.1 Å². The van der Waals surface area contributed by atoms with Crippen molar-refractivity contribution >= 4 is 22.8 Å². The zero-order valence-corrected chi connectivity index (χ0v) is 14.7. The molecule has 0 bridgehead atoms. The number of hydrogen-bond acceptors (Lipinski definition) is 5. The van der Waals surface area contributed by atoms with Crippen molar-refractivity contribution < 1.29 is 33.3 Å². The molecule has 0 spiro atoms. The number of aliphatic carboxylic acids is 1. The van der Waals surface area contributed by atoms with Crippen molar-refractivity contribution in [1.82, 2.24) is 10.3 Å². The van der Waals surface area contributed by atoms with Crippen molar-refractivity contribution in [2.24, 2.45) is 0 Å². The Hall–Kier alpha value is -3.95. The second kappa shape index (κ2) is 7.97. The summed E-state index contributed by atoms with van der Waals surface area (Å²) in [6.07, 6.45) is 0. The Balaban J connectivity index is 1.87. The summed E-state index contributed by atoms with van der Waals surface area (Å²) in [7, 11) is 0. The second-order valence-electron chi connectivity index (χ2n) is 5.99. The van der Waals surface area contributed by atoms with E-state index in [0.29, 0.717) is 0 Å². The van der Waals surface area contributed by atoms with Gasteiger partial charge < -0.3 is 25.3 Å². The van der Waals surface area contributed by atoms with Gasteiger partial charge in [0.25, 0.3) is 11.5 Å². The maximum absolute atomic E-state index is 13.7. The number of amides is 1. The number of aromatic nitrogens is 1. The Morgan fingerprint density at radius 2 is 1.90 bits per heavy atom. The number of carboxylic acid groups (broad SMARTS) is 1. The van der Waals surface area contributed by atoms with Gasteiger partial charge >= 0.3 is 5.97 Å². The number of pyridine rings is 1. The van der Waals surface area contributed by atoms with Gasteiger partial charge in [0.05, 0.1) is 5.52 Å². The molecule has 0 radical (unpaired) electrons. The number of nitrogens with one attached hydrogen (secondary N) is 2. The lowest BCUT2D eigenvalue weighted by Gasteiger charge is -2.10. The summed E-state index contributed by atoms with van der Waals surface area (Å²) in [6.45, 7) is -0.925. The fourth-order valence-corrected chi connectivity index (χ4v) is 2.60. The lowest BCUT2D eigenvalue weighted by molar-refractivity contribution is -0.135. The van der Waals surface area contributed by atoms with Gasteiger partial charge in [-0.1, -0.05) is 0 Å². The number of carboxylic acids is 1. The highest BCUT2D eigenvalue weighted by Crippen LogP contribution is 2.28. The first-order valence-electron chi connectivity index (χ1n) is 8.22. The van der Waals surface area contributed by atoms with Gasteiger partial charge in [-0.3, -0.25) is 14.4 Å². The number of fused-ring (bicyclic) bond motifs is 1. The first-order valence-corrected chi connectivity index (χ1v) is 8.22. The van der Waals surface area contributed by atoms with Crippen LogP contribution in [0, 0.1) is 11.6 Å². The lowest BCUT2D eigenvalue weighted by Crippen LogP contribution is -2.33. The van der Waals surface area contributed by atoms with Crippen molar-refractivity contribution in [3.63, 3.8) is 0 Å². The highest BCUT2D eigenvalue weighted by molar-refractivity contribution is 6.03. The number of aromatic amines is 1. The minimum Gasteiger partial charge on any atom is -0.506 e. The normalized spacial score (nSPS) is 10.7. The van der Waals surface area contributed by atoms with Gasteiger partial charge in [0.15, 0.2) is 0 Å². The lowest BCUT2D eigenvalue weighted by atomic mass is 10.1. The third-order valence-corrected chi connectivity index (χ3v) is 3.99. The number of benzene rings is 2. The summed E-state index contributed by atoms with van der Waals surface area (Å²) in [5.41, 5.74) is -1.30. The van der Waals surface area contributed by atoms with Crippen LogP contribution in [0.2, 0.25) is 0 Å². The maximum Gasteiger partial charge on any atom is 0.322 e. The maximum atomic E-state index is 13.7. The molecule has 0 atom stereocenters. The Morgan fingerprint density at radius 1 is 1.14 bits per heavy atom. The van der Waals surface area contributed by atoms with E-state index in [4.69, 9.17) is 9.84 Å². The van der Waals surface area contributed by atoms with E-state index in [1.54, 1.807) is 0 Å². The molecule has 4 N–H and O–H groups in total. The van der Waals surface area contributed by atoms with E-state index in [9.17, 15) is 28.3 Å². The fourth-order valence-electron chi connectivity index (χ4n) is 2.60. The molecular formula is C19H14F2N2O6. The van der Waals surface area contributed by atoms with Gasteiger partial charge in [-0.15, -0.1) is 0 Å². The van der Waals surface area contributed by atoms with E-state index in [1.165, 1.54) is 24.3 Å². The molecule has 1 heterocycles. The Kier molecular flexibility index (Phi) is 5.44. The van der Waals surface area contributed by atoms with Crippen molar-refractivity contribution in [2.75, 3.05) is 6.54 Å². The van der Waals surface area contributed by atoms with Crippen LogP contribution in [0.5, 0.6) is 11.5 Å². The molecule has 1 aromatic heterocycles. The molecule has 150 valence electrons. The van der Waals surface area contributed by atoms with Crippen molar-refractivity contribution in [2.45, 2.75) is 6.61 Å². The molecule has 0 unspecified atom stereocenters. The first kappa shape index (κ1) is 19.8. The summed E-state index contributed by atoms with van der Waals surface area (Å²) in [4.78, 5) is 37.1. The number of halogens is 2. The molecule has 0 aliphatic heterocycles. The summed E-state index contributed by atoms with van der Waals surface area (Å²) >= 11 is 0. The van der Waals surface area contributed by atoms with E-state index in [2.05, 4.69) is 4.98 Å². The van der Waals surface area contributed by atoms with Gasteiger partial charge in [0.1, 0.15) is 41.8 Å². The monoisotopic (exact) mass is 404 g/mol. The van der Waals surface area contributed by atoms with Gasteiger partial charge in [-0.25, -0.2) is 8.78 Å². The number of H-pyrrole nitrogens is 1. The van der Waals surface area contributed by atoms with Gasteiger partial charge in [0, 0.05) is 23.1 Å². The molecule has 0 saturated carbocycles. The van der Waals surface area contributed by atoms with E-state index in [-0.39, 0.29) is 28.8 Å². The Labute approximate surface area is 161 Å². The fraction of sp³-hybridized carbons (Fsp3) is 0.105. The van der Waals surface area contributed by atoms with Crippen molar-refractivity contribution in [3.05, 3.63) is 69.5 Å². The number of carbonyl (C=O) groups excluding carboxylic acids is 1. The summed E-state index contributed by atoms with van der Waals surface area (Å²) in [5, 5.41) is 21.0. The van der Waals surface area contributed by atoms with Crippen LogP contribution in [-0.4, -0.2) is 33.6 Å². The average Bonchev–Trinajstić information content (AvgIpc) is 2.65. The molecule has 0 fully saturated rings. The highest BCUT2D eigenvalue weighted by Gasteiger charge is 2.20. The Bertz CT molecular complexity index is 1180. The predicted molar refractivity (Wildman–Crippen MR) is 96.9 cm³/mol. The number of hydrogen-bond donors (Lipinski definition) is 4. The third kappa shape index (κ3) is 4.32. The van der Waals surface area contributed by atoms with Crippen LogP contribution in [0.1, 0.15) is 15.9 Å². The molecule has 0 aliphatic carbocycles. The molecular weight excluding hydrogens is 390 g/mol. The smallest absolute Gasteiger partial charge is 0.322 e. The van der Waals surface area contributed by atoms with Crippen LogP contribution in [0.15, 0.2) is 41.2 Å². The van der Waals surface area contributed by atoms with Crippen molar-refractivity contribution in [1.29, 1.82) is 0 Å². The first-order chi connectivity index (χ1) is 13.8. The zero-order chi connectivity index (χ0) is 21.1. The largest absolute Gasteiger partial charge is 0.506 e. The van der Waals surface area contributed by atoms with Crippen molar-refractivity contribution in [3.8, 4) is 11.5 Å². The average molecular weight is 404 g/mol. The molecule has 2 aromatic carbocycles. The van der Waals surface area contributed by atoms with E-state index >= 15 is 0 Å². The topological polar surface area (TPSA) is 129 Å². The Morgan fingerprint density at radius 3 is 2.59 bits per heavy atom.